The number of esters is 2. The molecule has 0 saturated heterocycles. The number of rotatable bonds is 6. The van der Waals surface area contributed by atoms with Crippen molar-refractivity contribution < 1.29 is 27.8 Å². The number of thiophene rings is 2. The van der Waals surface area contributed by atoms with Crippen LogP contribution in [0.2, 0.25) is 0 Å². The summed E-state index contributed by atoms with van der Waals surface area (Å²) in [4.78, 5) is 25.7. The highest BCUT2D eigenvalue weighted by atomic mass is 32.1. The van der Waals surface area contributed by atoms with E-state index in [0.29, 0.717) is 9.75 Å². The van der Waals surface area contributed by atoms with Gasteiger partial charge in [-0.05, 0) is 36.7 Å². The van der Waals surface area contributed by atoms with E-state index in [1.165, 1.54) is 0 Å². The van der Waals surface area contributed by atoms with Gasteiger partial charge in [-0.2, -0.15) is 0 Å². The normalized spacial score (nSPS) is 10.7. The third-order valence-corrected chi connectivity index (χ3v) is 5.65. The summed E-state index contributed by atoms with van der Waals surface area (Å²) in [6, 6.07) is 6.38. The number of hydrogen-bond acceptors (Lipinski definition) is 6. The van der Waals surface area contributed by atoms with Crippen molar-refractivity contribution in [2.24, 2.45) is 0 Å². The Morgan fingerprint density at radius 3 is 1.50 bits per heavy atom. The zero-order chi connectivity index (χ0) is 20.3. The first kappa shape index (κ1) is 20.2. The van der Waals surface area contributed by atoms with Gasteiger partial charge in [-0.3, -0.25) is 0 Å². The van der Waals surface area contributed by atoms with E-state index in [-0.39, 0.29) is 24.3 Å². The van der Waals surface area contributed by atoms with E-state index in [4.69, 9.17) is 9.47 Å². The lowest BCUT2D eigenvalue weighted by atomic mass is 9.94. The molecule has 2 aromatic heterocycles. The molecule has 0 radical (unpaired) electrons. The summed E-state index contributed by atoms with van der Waals surface area (Å²) in [5.74, 6) is -3.99. The van der Waals surface area contributed by atoms with Crippen LogP contribution >= 0.6 is 22.7 Å². The molecule has 0 N–H and O–H groups in total. The van der Waals surface area contributed by atoms with Crippen LogP contribution in [0.3, 0.4) is 0 Å². The fraction of sp³-hybridized carbons (Fsp3) is 0.200. The second-order valence-electron chi connectivity index (χ2n) is 5.52. The minimum absolute atomic E-state index is 0.00225. The molecule has 0 fully saturated rings. The monoisotopic (exact) mass is 422 g/mol. The van der Waals surface area contributed by atoms with Crippen LogP contribution in [0.25, 0.3) is 20.9 Å². The summed E-state index contributed by atoms with van der Waals surface area (Å²) in [6.07, 6.45) is 0. The number of hydrogen-bond donors (Lipinski definition) is 0. The largest absolute Gasteiger partial charge is 0.462 e. The third kappa shape index (κ3) is 3.57. The molecule has 8 heteroatoms. The summed E-state index contributed by atoms with van der Waals surface area (Å²) < 4.78 is 41.2. The van der Waals surface area contributed by atoms with Crippen molar-refractivity contribution in [2.45, 2.75) is 13.8 Å². The molecule has 3 rings (SSSR count). The highest BCUT2D eigenvalue weighted by Crippen LogP contribution is 2.42. The summed E-state index contributed by atoms with van der Waals surface area (Å²) in [6.45, 7) is 3.14. The van der Waals surface area contributed by atoms with Crippen molar-refractivity contribution in [3.63, 3.8) is 0 Å². The molecular formula is C20H16F2O4S2. The lowest BCUT2D eigenvalue weighted by molar-refractivity contribution is 0.0504. The van der Waals surface area contributed by atoms with Crippen LogP contribution in [-0.4, -0.2) is 25.2 Å². The predicted molar refractivity (Wildman–Crippen MR) is 105 cm³/mol. The Labute approximate surface area is 168 Å². The molecule has 0 spiro atoms. The van der Waals surface area contributed by atoms with Gasteiger partial charge >= 0.3 is 11.9 Å². The maximum Gasteiger partial charge on any atom is 0.341 e. The molecule has 146 valence electrons. The molecule has 3 aromatic rings. The summed E-state index contributed by atoms with van der Waals surface area (Å²) in [5.41, 5.74) is -1.65. The van der Waals surface area contributed by atoms with Gasteiger partial charge < -0.3 is 9.47 Å². The van der Waals surface area contributed by atoms with E-state index in [1.807, 2.05) is 0 Å². The zero-order valence-corrected chi connectivity index (χ0v) is 16.7. The van der Waals surface area contributed by atoms with Crippen molar-refractivity contribution in [1.29, 1.82) is 0 Å². The van der Waals surface area contributed by atoms with E-state index >= 15 is 8.78 Å². The van der Waals surface area contributed by atoms with Crippen LogP contribution in [0.5, 0.6) is 0 Å². The van der Waals surface area contributed by atoms with Gasteiger partial charge in [0.1, 0.15) is 22.8 Å². The van der Waals surface area contributed by atoms with E-state index in [0.717, 1.165) is 22.7 Å². The lowest BCUT2D eigenvalue weighted by Crippen LogP contribution is -2.17. The lowest BCUT2D eigenvalue weighted by Gasteiger charge is -2.17. The first-order valence-electron chi connectivity index (χ1n) is 8.48. The van der Waals surface area contributed by atoms with E-state index in [2.05, 4.69) is 0 Å². The Morgan fingerprint density at radius 1 is 0.821 bits per heavy atom. The number of halogens is 2. The quantitative estimate of drug-likeness (QED) is 0.473. The van der Waals surface area contributed by atoms with Crippen LogP contribution in [0.1, 0.15) is 34.6 Å². The van der Waals surface area contributed by atoms with Crippen molar-refractivity contribution in [2.75, 3.05) is 13.2 Å². The average Bonchev–Trinajstić information content (AvgIpc) is 3.36. The summed E-state index contributed by atoms with van der Waals surface area (Å²) in [5, 5.41) is 3.33. The minimum Gasteiger partial charge on any atom is -0.462 e. The molecule has 1 aromatic carbocycles. The van der Waals surface area contributed by atoms with Crippen LogP contribution in [-0.2, 0) is 9.47 Å². The van der Waals surface area contributed by atoms with Gasteiger partial charge in [0.05, 0.1) is 13.2 Å². The maximum atomic E-state index is 15.6. The maximum absolute atomic E-state index is 15.6. The summed E-state index contributed by atoms with van der Waals surface area (Å²) in [7, 11) is 0. The molecule has 0 aliphatic rings. The van der Waals surface area contributed by atoms with Crippen LogP contribution in [0.4, 0.5) is 8.78 Å². The molecule has 0 saturated carbocycles. The van der Waals surface area contributed by atoms with Gasteiger partial charge in [0, 0.05) is 20.9 Å². The fourth-order valence-corrected chi connectivity index (χ4v) is 4.32. The number of ether oxygens (including phenoxy) is 2. The summed E-state index contributed by atoms with van der Waals surface area (Å²) >= 11 is 2.24. The Hall–Kier alpha value is -2.58. The van der Waals surface area contributed by atoms with Gasteiger partial charge in [0.2, 0.25) is 0 Å². The second-order valence-corrected chi connectivity index (χ2v) is 7.42. The fourth-order valence-electron chi connectivity index (χ4n) is 2.78. The highest BCUT2D eigenvalue weighted by molar-refractivity contribution is 7.14. The van der Waals surface area contributed by atoms with Gasteiger partial charge in [-0.15, -0.1) is 22.7 Å². The molecule has 0 amide bonds. The van der Waals surface area contributed by atoms with Crippen molar-refractivity contribution in [3.05, 3.63) is 57.8 Å². The molecular weight excluding hydrogens is 406 g/mol. The van der Waals surface area contributed by atoms with Crippen LogP contribution < -0.4 is 0 Å². The molecule has 4 nitrogen and oxygen atoms in total. The third-order valence-electron chi connectivity index (χ3n) is 3.87. The minimum atomic E-state index is -1.01. The number of carbonyl (C=O) groups excluding carboxylic acids is 2. The van der Waals surface area contributed by atoms with Crippen molar-refractivity contribution in [3.8, 4) is 20.9 Å². The first-order valence-corrected chi connectivity index (χ1v) is 10.2. The number of carbonyl (C=O) groups is 2. The number of benzene rings is 1. The van der Waals surface area contributed by atoms with Gasteiger partial charge in [-0.25, -0.2) is 18.4 Å². The molecule has 0 aliphatic carbocycles. The predicted octanol–water partition coefficient (Wildman–Crippen LogP) is 5.78. The van der Waals surface area contributed by atoms with Gasteiger partial charge in [0.25, 0.3) is 0 Å². The van der Waals surface area contributed by atoms with Gasteiger partial charge in [0.15, 0.2) is 0 Å². The molecule has 28 heavy (non-hydrogen) atoms. The SMILES string of the molecule is CCOC(=O)c1c(F)c(-c2cccs2)c(C(=O)OCC)c(F)c1-c1cccs1. The second kappa shape index (κ2) is 8.62. The first-order chi connectivity index (χ1) is 13.5. The van der Waals surface area contributed by atoms with E-state index in [1.54, 1.807) is 48.9 Å². The Kier molecular flexibility index (Phi) is 6.21. The topological polar surface area (TPSA) is 52.6 Å². The van der Waals surface area contributed by atoms with Crippen LogP contribution in [0, 0.1) is 11.6 Å². The van der Waals surface area contributed by atoms with E-state index < -0.39 is 34.7 Å². The Balaban J connectivity index is 2.43. The van der Waals surface area contributed by atoms with Crippen molar-refractivity contribution in [1.82, 2.24) is 0 Å². The molecule has 2 heterocycles. The molecule has 0 unspecified atom stereocenters. The molecule has 0 bridgehead atoms. The smallest absolute Gasteiger partial charge is 0.341 e. The average molecular weight is 422 g/mol. The standard InChI is InChI=1S/C20H16F2O4S2/c1-3-25-19(23)15-13(11-7-5-9-27-11)18(22)16(20(24)26-4-2)14(17(15)21)12-8-6-10-28-12/h5-10H,3-4H2,1-2H3. The van der Waals surface area contributed by atoms with Gasteiger partial charge in [-0.1, -0.05) is 12.1 Å². The zero-order valence-electron chi connectivity index (χ0n) is 15.1. The molecule has 0 atom stereocenters. The molecule has 0 aliphatic heterocycles. The van der Waals surface area contributed by atoms with Crippen molar-refractivity contribution >= 4 is 34.6 Å². The Bertz CT molecular complexity index is 914. The Morgan fingerprint density at radius 2 is 1.21 bits per heavy atom. The van der Waals surface area contributed by atoms with E-state index in [9.17, 15) is 9.59 Å². The van der Waals surface area contributed by atoms with Crippen LogP contribution in [0.15, 0.2) is 35.0 Å². The highest BCUT2D eigenvalue weighted by Gasteiger charge is 2.34.